The van der Waals surface area contributed by atoms with E-state index in [2.05, 4.69) is 10.6 Å². The van der Waals surface area contributed by atoms with Gasteiger partial charge in [-0.05, 0) is 30.9 Å². The standard InChI is InChI=1S/C19H24F3N3O3/c20-19(21,22)15-3-1-2-4-16(15)28-12-13-5-7-25(8-6-13)18(27)24-11-14-9-17(26)23-10-14/h1-4,13-14H,5-12H2,(H,23,26)(H,24,27). The smallest absolute Gasteiger partial charge is 0.419 e. The Balaban J connectivity index is 1.41. The monoisotopic (exact) mass is 399 g/mol. The lowest BCUT2D eigenvalue weighted by molar-refractivity contribution is -0.139. The van der Waals surface area contributed by atoms with Crippen LogP contribution in [0.4, 0.5) is 18.0 Å². The highest BCUT2D eigenvalue weighted by molar-refractivity contribution is 5.78. The van der Waals surface area contributed by atoms with E-state index in [1.54, 1.807) is 4.90 Å². The maximum absolute atomic E-state index is 13.0. The van der Waals surface area contributed by atoms with Crippen LogP contribution in [0.2, 0.25) is 0 Å². The highest BCUT2D eigenvalue weighted by Gasteiger charge is 2.34. The highest BCUT2D eigenvalue weighted by atomic mass is 19.4. The number of alkyl halides is 3. The van der Waals surface area contributed by atoms with Crippen molar-refractivity contribution in [3.8, 4) is 5.75 Å². The first-order chi connectivity index (χ1) is 13.3. The zero-order valence-electron chi connectivity index (χ0n) is 15.4. The number of rotatable bonds is 5. The van der Waals surface area contributed by atoms with Crippen LogP contribution in [-0.4, -0.2) is 49.6 Å². The fourth-order valence-electron chi connectivity index (χ4n) is 3.49. The Morgan fingerprint density at radius 2 is 1.93 bits per heavy atom. The summed E-state index contributed by atoms with van der Waals surface area (Å²) in [7, 11) is 0. The van der Waals surface area contributed by atoms with Crippen molar-refractivity contribution < 1.29 is 27.5 Å². The molecule has 0 saturated carbocycles. The van der Waals surface area contributed by atoms with Crippen LogP contribution in [-0.2, 0) is 11.0 Å². The van der Waals surface area contributed by atoms with Gasteiger partial charge in [-0.3, -0.25) is 4.79 Å². The van der Waals surface area contributed by atoms with Gasteiger partial charge in [0, 0.05) is 38.5 Å². The number of urea groups is 1. The predicted octanol–water partition coefficient (Wildman–Crippen LogP) is 2.64. The Morgan fingerprint density at radius 1 is 1.21 bits per heavy atom. The van der Waals surface area contributed by atoms with Gasteiger partial charge in [-0.25, -0.2) is 4.79 Å². The fourth-order valence-corrected chi connectivity index (χ4v) is 3.49. The van der Waals surface area contributed by atoms with Crippen molar-refractivity contribution in [2.45, 2.75) is 25.4 Å². The number of benzene rings is 1. The number of halogens is 3. The average molecular weight is 399 g/mol. The lowest BCUT2D eigenvalue weighted by Gasteiger charge is -2.32. The maximum atomic E-state index is 13.0. The molecule has 1 unspecified atom stereocenters. The Bertz CT molecular complexity index is 703. The third-order valence-corrected chi connectivity index (χ3v) is 5.17. The third-order valence-electron chi connectivity index (χ3n) is 5.17. The number of carbonyl (C=O) groups is 2. The molecule has 2 aliphatic heterocycles. The predicted molar refractivity (Wildman–Crippen MR) is 95.8 cm³/mol. The molecule has 3 amide bonds. The summed E-state index contributed by atoms with van der Waals surface area (Å²) in [6.45, 7) is 2.29. The van der Waals surface area contributed by atoms with Gasteiger partial charge in [0.15, 0.2) is 0 Å². The van der Waals surface area contributed by atoms with Crippen molar-refractivity contribution in [3.05, 3.63) is 29.8 Å². The molecule has 1 aromatic rings. The number of hydrogen-bond donors (Lipinski definition) is 2. The molecule has 0 aliphatic carbocycles. The van der Waals surface area contributed by atoms with Gasteiger partial charge in [0.05, 0.1) is 12.2 Å². The molecule has 9 heteroatoms. The van der Waals surface area contributed by atoms with Gasteiger partial charge < -0.3 is 20.3 Å². The Kier molecular flexibility index (Phi) is 6.31. The minimum Gasteiger partial charge on any atom is -0.493 e. The van der Waals surface area contributed by atoms with Crippen LogP contribution < -0.4 is 15.4 Å². The van der Waals surface area contributed by atoms with Gasteiger partial charge in [0.1, 0.15) is 5.75 Å². The molecule has 1 aromatic carbocycles. The lowest BCUT2D eigenvalue weighted by atomic mass is 9.98. The van der Waals surface area contributed by atoms with Crippen LogP contribution in [0.5, 0.6) is 5.75 Å². The van der Waals surface area contributed by atoms with Crippen molar-refractivity contribution in [2.24, 2.45) is 11.8 Å². The van der Waals surface area contributed by atoms with Gasteiger partial charge in [-0.1, -0.05) is 12.1 Å². The normalized spacial score (nSPS) is 20.8. The van der Waals surface area contributed by atoms with Gasteiger partial charge in [-0.2, -0.15) is 13.2 Å². The van der Waals surface area contributed by atoms with E-state index >= 15 is 0 Å². The van der Waals surface area contributed by atoms with Gasteiger partial charge >= 0.3 is 12.2 Å². The summed E-state index contributed by atoms with van der Waals surface area (Å²) in [5, 5.41) is 5.58. The molecule has 1 atom stereocenters. The second-order valence-electron chi connectivity index (χ2n) is 7.30. The summed E-state index contributed by atoms with van der Waals surface area (Å²) in [6.07, 6.45) is -2.67. The summed E-state index contributed by atoms with van der Waals surface area (Å²) in [5.74, 6) is 0.0696. The largest absolute Gasteiger partial charge is 0.493 e. The van der Waals surface area contributed by atoms with E-state index < -0.39 is 11.7 Å². The van der Waals surface area contributed by atoms with Crippen LogP contribution in [0.3, 0.4) is 0 Å². The number of para-hydroxylation sites is 1. The molecule has 0 spiro atoms. The lowest BCUT2D eigenvalue weighted by Crippen LogP contribution is -2.46. The van der Waals surface area contributed by atoms with Crippen molar-refractivity contribution in [3.63, 3.8) is 0 Å². The molecule has 2 N–H and O–H groups in total. The zero-order chi connectivity index (χ0) is 20.1. The number of likely N-dealkylation sites (tertiary alicyclic amines) is 1. The molecule has 3 rings (SSSR count). The number of piperidine rings is 1. The number of carbonyl (C=O) groups excluding carboxylic acids is 2. The molecular weight excluding hydrogens is 375 g/mol. The van der Waals surface area contributed by atoms with Gasteiger partial charge in [0.25, 0.3) is 0 Å². The minimum atomic E-state index is -4.45. The van der Waals surface area contributed by atoms with Crippen molar-refractivity contribution in [2.75, 3.05) is 32.8 Å². The topological polar surface area (TPSA) is 70.7 Å². The molecule has 2 heterocycles. The Morgan fingerprint density at radius 3 is 2.57 bits per heavy atom. The second kappa shape index (κ2) is 8.70. The SMILES string of the molecule is O=C1CC(CNC(=O)N2CCC(COc3ccccc3C(F)(F)F)CC2)CN1. The summed E-state index contributed by atoms with van der Waals surface area (Å²) in [6, 6.07) is 5.03. The summed E-state index contributed by atoms with van der Waals surface area (Å²) in [4.78, 5) is 25.1. The van der Waals surface area contributed by atoms with Crippen molar-refractivity contribution in [1.29, 1.82) is 0 Å². The first-order valence-corrected chi connectivity index (χ1v) is 9.41. The zero-order valence-corrected chi connectivity index (χ0v) is 15.4. The number of amides is 3. The molecule has 2 aliphatic rings. The van der Waals surface area contributed by atoms with Gasteiger partial charge in [-0.15, -0.1) is 0 Å². The first kappa shape index (κ1) is 20.3. The number of hydrogen-bond acceptors (Lipinski definition) is 3. The number of nitrogens with zero attached hydrogens (tertiary/aromatic N) is 1. The Hall–Kier alpha value is -2.45. The summed E-state index contributed by atoms with van der Waals surface area (Å²) >= 11 is 0. The molecule has 0 bridgehead atoms. The van der Waals surface area contributed by atoms with Crippen LogP contribution in [0.1, 0.15) is 24.8 Å². The average Bonchev–Trinajstić information content (AvgIpc) is 3.09. The van der Waals surface area contributed by atoms with E-state index in [1.165, 1.54) is 18.2 Å². The van der Waals surface area contributed by atoms with Crippen LogP contribution in [0.25, 0.3) is 0 Å². The molecule has 2 fully saturated rings. The van der Waals surface area contributed by atoms with Crippen LogP contribution in [0, 0.1) is 11.8 Å². The van der Waals surface area contributed by atoms with E-state index in [0.717, 1.165) is 6.07 Å². The summed E-state index contributed by atoms with van der Waals surface area (Å²) in [5.41, 5.74) is -0.772. The molecular formula is C19H24F3N3O3. The number of ether oxygens (including phenoxy) is 1. The number of nitrogens with one attached hydrogen (secondary N) is 2. The van der Waals surface area contributed by atoms with Crippen molar-refractivity contribution in [1.82, 2.24) is 15.5 Å². The Labute approximate surface area is 161 Å². The van der Waals surface area contributed by atoms with E-state index in [9.17, 15) is 22.8 Å². The molecule has 28 heavy (non-hydrogen) atoms. The van der Waals surface area contributed by atoms with Crippen LogP contribution >= 0.6 is 0 Å². The highest BCUT2D eigenvalue weighted by Crippen LogP contribution is 2.36. The first-order valence-electron chi connectivity index (χ1n) is 9.41. The summed E-state index contributed by atoms with van der Waals surface area (Å²) < 4.78 is 44.5. The second-order valence-corrected chi connectivity index (χ2v) is 7.30. The van der Waals surface area contributed by atoms with Crippen molar-refractivity contribution >= 4 is 11.9 Å². The van der Waals surface area contributed by atoms with E-state index in [0.29, 0.717) is 45.4 Å². The quantitative estimate of drug-likeness (QED) is 0.800. The fraction of sp³-hybridized carbons (Fsp3) is 0.579. The van der Waals surface area contributed by atoms with Gasteiger partial charge in [0.2, 0.25) is 5.91 Å². The van der Waals surface area contributed by atoms with E-state index in [1.807, 2.05) is 0 Å². The molecule has 6 nitrogen and oxygen atoms in total. The van der Waals surface area contributed by atoms with E-state index in [-0.39, 0.29) is 36.1 Å². The minimum absolute atomic E-state index is 0.00663. The third kappa shape index (κ3) is 5.30. The molecule has 0 radical (unpaired) electrons. The van der Waals surface area contributed by atoms with Crippen LogP contribution in [0.15, 0.2) is 24.3 Å². The van der Waals surface area contributed by atoms with E-state index in [4.69, 9.17) is 4.74 Å². The molecule has 154 valence electrons. The molecule has 2 saturated heterocycles. The molecule has 0 aromatic heterocycles. The maximum Gasteiger partial charge on any atom is 0.419 e.